The van der Waals surface area contributed by atoms with Gasteiger partial charge in [-0.15, -0.1) is 0 Å². The van der Waals surface area contributed by atoms with Crippen LogP contribution in [-0.4, -0.2) is 23.8 Å². The highest BCUT2D eigenvalue weighted by Crippen LogP contribution is 2.31. The fourth-order valence-corrected chi connectivity index (χ4v) is 3.35. The van der Waals surface area contributed by atoms with Gasteiger partial charge >= 0.3 is 6.09 Å². The molecule has 1 amide bonds. The summed E-state index contributed by atoms with van der Waals surface area (Å²) in [5.41, 5.74) is 2.17. The van der Waals surface area contributed by atoms with Crippen molar-refractivity contribution in [3.05, 3.63) is 57.2 Å². The van der Waals surface area contributed by atoms with Crippen molar-refractivity contribution in [2.75, 3.05) is 7.11 Å². The molecule has 164 valence electrons. The van der Waals surface area contributed by atoms with Gasteiger partial charge in [-0.05, 0) is 59.2 Å². The Morgan fingerprint density at radius 2 is 1.90 bits per heavy atom. The van der Waals surface area contributed by atoms with E-state index >= 15 is 0 Å². The first-order valence-electron chi connectivity index (χ1n) is 10.1. The van der Waals surface area contributed by atoms with Gasteiger partial charge in [0.2, 0.25) is 5.88 Å². The smallest absolute Gasteiger partial charge is 0.408 e. The molecule has 0 spiro atoms. The third-order valence-electron chi connectivity index (χ3n) is 4.76. The summed E-state index contributed by atoms with van der Waals surface area (Å²) < 4.78 is 16.8. The molecule has 3 aromatic rings. The molecule has 7 heteroatoms. The molecular weight excluding hydrogens is 396 g/mol. The maximum Gasteiger partial charge on any atom is 0.408 e. The summed E-state index contributed by atoms with van der Waals surface area (Å²) in [6.45, 7) is 10.8. The maximum absolute atomic E-state index is 13.2. The number of carbonyl (C=O) groups excluding carboxylic acids is 1. The van der Waals surface area contributed by atoms with Gasteiger partial charge in [0, 0.05) is 17.2 Å². The lowest BCUT2D eigenvalue weighted by atomic mass is 9.99. The Balaban J connectivity index is 2.15. The van der Waals surface area contributed by atoms with Crippen molar-refractivity contribution in [3.63, 3.8) is 0 Å². The first-order valence-corrected chi connectivity index (χ1v) is 10.1. The van der Waals surface area contributed by atoms with Crippen LogP contribution in [0.5, 0.6) is 5.88 Å². The highest BCUT2D eigenvalue weighted by atomic mass is 16.6. The van der Waals surface area contributed by atoms with Gasteiger partial charge in [-0.3, -0.25) is 4.79 Å². The zero-order valence-corrected chi connectivity index (χ0v) is 19.0. The standard InChI is InChI=1S/C24H28N2O5/c1-13-11-16(15(3)25-23(28)31-24(4,5)6)22-17(12-13)20(27)14(2)21(30-22)18-9-8-10-19(26-18)29-7/h8-12,15H,1-7H3,(H,25,28)/t15-/m1/s1. The Bertz CT molecular complexity index is 1190. The third kappa shape index (κ3) is 4.87. The number of nitrogens with one attached hydrogen (secondary N) is 1. The van der Waals surface area contributed by atoms with Crippen molar-refractivity contribution >= 4 is 17.1 Å². The van der Waals surface area contributed by atoms with Crippen molar-refractivity contribution in [1.29, 1.82) is 0 Å². The van der Waals surface area contributed by atoms with Crippen LogP contribution < -0.4 is 15.5 Å². The second-order valence-electron chi connectivity index (χ2n) is 8.55. The van der Waals surface area contributed by atoms with Gasteiger partial charge in [-0.1, -0.05) is 12.1 Å². The number of benzene rings is 1. The van der Waals surface area contributed by atoms with Crippen LogP contribution in [0.25, 0.3) is 22.4 Å². The number of ether oxygens (including phenoxy) is 2. The van der Waals surface area contributed by atoms with E-state index in [-0.39, 0.29) is 5.43 Å². The molecule has 0 radical (unpaired) electrons. The lowest BCUT2D eigenvalue weighted by Gasteiger charge is -2.22. The number of hydrogen-bond donors (Lipinski definition) is 1. The Labute approximate surface area is 181 Å². The number of methoxy groups -OCH3 is 1. The Morgan fingerprint density at radius 3 is 2.55 bits per heavy atom. The summed E-state index contributed by atoms with van der Waals surface area (Å²) in [5.74, 6) is 0.787. The number of rotatable bonds is 4. The SMILES string of the molecule is COc1cccc(-c2oc3c([C@@H](C)NC(=O)OC(C)(C)C)cc(C)cc3c(=O)c2C)n1. The average molecular weight is 424 g/mol. The van der Waals surface area contributed by atoms with Gasteiger partial charge in [0.15, 0.2) is 11.2 Å². The lowest BCUT2D eigenvalue weighted by molar-refractivity contribution is 0.0508. The second-order valence-corrected chi connectivity index (χ2v) is 8.55. The minimum Gasteiger partial charge on any atom is -0.481 e. The summed E-state index contributed by atoms with van der Waals surface area (Å²) in [6.07, 6.45) is -0.543. The van der Waals surface area contributed by atoms with Gasteiger partial charge in [-0.2, -0.15) is 0 Å². The van der Waals surface area contributed by atoms with Crippen molar-refractivity contribution in [2.24, 2.45) is 0 Å². The third-order valence-corrected chi connectivity index (χ3v) is 4.76. The largest absolute Gasteiger partial charge is 0.481 e. The number of carbonyl (C=O) groups is 1. The molecule has 0 unspecified atom stereocenters. The monoisotopic (exact) mass is 424 g/mol. The van der Waals surface area contributed by atoms with E-state index in [2.05, 4.69) is 10.3 Å². The van der Waals surface area contributed by atoms with Gasteiger partial charge in [0.25, 0.3) is 0 Å². The molecule has 7 nitrogen and oxygen atoms in total. The fourth-order valence-electron chi connectivity index (χ4n) is 3.35. The zero-order chi connectivity index (χ0) is 22.9. The van der Waals surface area contributed by atoms with Crippen LogP contribution in [0.4, 0.5) is 4.79 Å². The van der Waals surface area contributed by atoms with Crippen molar-refractivity contribution in [1.82, 2.24) is 10.3 Å². The van der Waals surface area contributed by atoms with Gasteiger partial charge in [0.1, 0.15) is 16.9 Å². The Hall–Kier alpha value is -3.35. The van der Waals surface area contributed by atoms with Crippen LogP contribution in [0.2, 0.25) is 0 Å². The van der Waals surface area contributed by atoms with Crippen LogP contribution in [0.1, 0.15) is 50.4 Å². The van der Waals surface area contributed by atoms with E-state index < -0.39 is 17.7 Å². The molecule has 0 bridgehead atoms. The van der Waals surface area contributed by atoms with E-state index in [0.717, 1.165) is 5.56 Å². The molecule has 0 saturated heterocycles. The number of fused-ring (bicyclic) bond motifs is 1. The van der Waals surface area contributed by atoms with Crippen LogP contribution >= 0.6 is 0 Å². The molecule has 31 heavy (non-hydrogen) atoms. The second kappa shape index (κ2) is 8.41. The van der Waals surface area contributed by atoms with Crippen molar-refractivity contribution < 1.29 is 18.7 Å². The van der Waals surface area contributed by atoms with Crippen LogP contribution in [0, 0.1) is 13.8 Å². The summed E-state index contributed by atoms with van der Waals surface area (Å²) >= 11 is 0. The quantitative estimate of drug-likeness (QED) is 0.629. The molecule has 1 N–H and O–H groups in total. The molecule has 2 heterocycles. The van der Waals surface area contributed by atoms with Gasteiger partial charge in [-0.25, -0.2) is 9.78 Å². The highest BCUT2D eigenvalue weighted by Gasteiger charge is 2.22. The first kappa shape index (κ1) is 22.3. The minimum atomic E-state index is -0.618. The summed E-state index contributed by atoms with van der Waals surface area (Å²) in [5, 5.41) is 3.28. The van der Waals surface area contributed by atoms with Gasteiger partial charge < -0.3 is 19.2 Å². The summed E-state index contributed by atoms with van der Waals surface area (Å²) in [4.78, 5) is 29.9. The fraction of sp³-hybridized carbons (Fsp3) is 0.375. The van der Waals surface area contributed by atoms with Crippen LogP contribution in [0.15, 0.2) is 39.5 Å². The van der Waals surface area contributed by atoms with E-state index in [1.54, 1.807) is 52.0 Å². The van der Waals surface area contributed by atoms with Crippen molar-refractivity contribution in [2.45, 2.75) is 53.2 Å². The normalized spacial score (nSPS) is 12.5. The van der Waals surface area contributed by atoms with Crippen LogP contribution in [-0.2, 0) is 4.74 Å². The number of nitrogens with zero attached hydrogens (tertiary/aromatic N) is 1. The van der Waals surface area contributed by atoms with Crippen molar-refractivity contribution in [3.8, 4) is 17.3 Å². The number of hydrogen-bond acceptors (Lipinski definition) is 6. The Kier molecular flexibility index (Phi) is 6.06. The van der Waals surface area contributed by atoms with Gasteiger partial charge in [0.05, 0.1) is 18.5 Å². The van der Waals surface area contributed by atoms with E-state index in [1.807, 2.05) is 19.9 Å². The van der Waals surface area contributed by atoms with E-state index in [0.29, 0.717) is 39.4 Å². The summed E-state index contributed by atoms with van der Waals surface area (Å²) in [7, 11) is 1.53. The lowest BCUT2D eigenvalue weighted by Crippen LogP contribution is -2.34. The van der Waals surface area contributed by atoms with Crippen LogP contribution in [0.3, 0.4) is 0 Å². The number of pyridine rings is 1. The number of alkyl carbamates (subject to hydrolysis) is 1. The molecular formula is C24H28N2O5. The maximum atomic E-state index is 13.2. The molecule has 0 aliphatic heterocycles. The molecule has 0 aliphatic rings. The first-order chi connectivity index (χ1) is 14.5. The predicted octanol–water partition coefficient (Wildman–Crippen LogP) is 5.07. The van der Waals surface area contributed by atoms with E-state index in [9.17, 15) is 9.59 Å². The molecule has 0 aliphatic carbocycles. The highest BCUT2D eigenvalue weighted by molar-refractivity contribution is 5.84. The molecule has 1 aromatic carbocycles. The molecule has 2 aromatic heterocycles. The topological polar surface area (TPSA) is 90.7 Å². The average Bonchev–Trinajstić information content (AvgIpc) is 2.69. The van der Waals surface area contributed by atoms with E-state index in [1.165, 1.54) is 7.11 Å². The molecule has 1 atom stereocenters. The Morgan fingerprint density at radius 1 is 1.19 bits per heavy atom. The molecule has 0 fully saturated rings. The molecule has 3 rings (SSSR count). The minimum absolute atomic E-state index is 0.143. The summed E-state index contributed by atoms with van der Waals surface area (Å²) in [6, 6.07) is 8.50. The molecule has 0 saturated carbocycles. The van der Waals surface area contributed by atoms with E-state index in [4.69, 9.17) is 13.9 Å². The number of aromatic nitrogens is 1. The predicted molar refractivity (Wildman–Crippen MR) is 120 cm³/mol. The number of aryl methyl sites for hydroxylation is 1. The number of amides is 1. The zero-order valence-electron chi connectivity index (χ0n) is 19.0.